The number of aryl methyl sites for hydroxylation is 1. The van der Waals surface area contributed by atoms with Crippen LogP contribution in [0.15, 0.2) is 15.7 Å². The van der Waals surface area contributed by atoms with Crippen molar-refractivity contribution in [3.8, 4) is 10.8 Å². The van der Waals surface area contributed by atoms with Crippen LogP contribution in [0.4, 0.5) is 0 Å². The van der Waals surface area contributed by atoms with E-state index >= 15 is 0 Å². The third-order valence-corrected chi connectivity index (χ3v) is 6.34. The summed E-state index contributed by atoms with van der Waals surface area (Å²) in [6.45, 7) is 6.34. The molecule has 0 fully saturated rings. The molecule has 2 atom stereocenters. The van der Waals surface area contributed by atoms with E-state index < -0.39 is 0 Å². The monoisotopic (exact) mass is 365 g/mol. The normalized spacial score (nSPS) is 18.2. The van der Waals surface area contributed by atoms with Crippen molar-refractivity contribution in [1.29, 1.82) is 0 Å². The third kappa shape index (κ3) is 4.19. The number of carbonyl (C=O) groups excluding carboxylic acids is 1. The molecule has 0 aliphatic heterocycles. The van der Waals surface area contributed by atoms with Crippen molar-refractivity contribution in [2.45, 2.75) is 57.7 Å². The Hall–Kier alpha value is -1.34. The second-order valence-corrected chi connectivity index (χ2v) is 8.51. The van der Waals surface area contributed by atoms with Crippen LogP contribution < -0.4 is 5.32 Å². The number of rotatable bonds is 6. The fraction of sp³-hybridized carbons (Fsp3) is 0.588. The van der Waals surface area contributed by atoms with Crippen LogP contribution >= 0.6 is 23.1 Å². The van der Waals surface area contributed by atoms with Crippen molar-refractivity contribution >= 4 is 29.0 Å². The number of aromatic nitrogens is 2. The van der Waals surface area contributed by atoms with Crippen LogP contribution in [0.2, 0.25) is 0 Å². The average Bonchev–Trinajstić information content (AvgIpc) is 3.18. The number of hydrogen-bond acceptors (Lipinski definition) is 6. The minimum atomic E-state index is -0.00493. The number of thioether (sulfide) groups is 1. The van der Waals surface area contributed by atoms with E-state index in [1.54, 1.807) is 11.3 Å². The third-order valence-electron chi connectivity index (χ3n) is 4.29. The van der Waals surface area contributed by atoms with Gasteiger partial charge < -0.3 is 9.73 Å². The van der Waals surface area contributed by atoms with Crippen molar-refractivity contribution in [3.63, 3.8) is 0 Å². The molecule has 0 radical (unpaired) electrons. The van der Waals surface area contributed by atoms with E-state index in [4.69, 9.17) is 4.42 Å². The zero-order valence-corrected chi connectivity index (χ0v) is 15.9. The van der Waals surface area contributed by atoms with E-state index in [0.29, 0.717) is 16.9 Å². The van der Waals surface area contributed by atoms with Gasteiger partial charge in [0.2, 0.25) is 5.91 Å². The maximum Gasteiger partial charge on any atom is 0.277 e. The molecule has 1 aliphatic carbocycles. The molecule has 24 heavy (non-hydrogen) atoms. The molecule has 2 aromatic heterocycles. The molecule has 0 saturated heterocycles. The van der Waals surface area contributed by atoms with Crippen LogP contribution in [0.3, 0.4) is 0 Å². The van der Waals surface area contributed by atoms with Crippen LogP contribution in [0, 0.1) is 5.92 Å². The van der Waals surface area contributed by atoms with Crippen LogP contribution in [0.1, 0.15) is 44.1 Å². The maximum atomic E-state index is 11.8. The first kappa shape index (κ1) is 17.5. The molecule has 2 heterocycles. The Morgan fingerprint density at radius 1 is 1.54 bits per heavy atom. The predicted molar refractivity (Wildman–Crippen MR) is 97.4 cm³/mol. The Morgan fingerprint density at radius 3 is 3.17 bits per heavy atom. The van der Waals surface area contributed by atoms with E-state index in [1.165, 1.54) is 28.6 Å². The lowest BCUT2D eigenvalue weighted by molar-refractivity contribution is -0.119. The molecule has 2 aromatic rings. The standard InChI is InChI=1S/C17H23N3O2S2/c1-4-11(3)18-15(21)9-23-17-20-19-16(22-17)14-8-12-7-10(2)5-6-13(12)24-14/h8,10-11H,4-7,9H2,1-3H3,(H,18,21)/t10-,11-/m1/s1. The molecule has 0 unspecified atom stereocenters. The molecule has 1 amide bonds. The van der Waals surface area contributed by atoms with E-state index in [9.17, 15) is 4.79 Å². The fourth-order valence-electron chi connectivity index (χ4n) is 2.72. The van der Waals surface area contributed by atoms with Crippen LogP contribution in [-0.4, -0.2) is 27.9 Å². The fourth-order valence-corrected chi connectivity index (χ4v) is 4.43. The number of hydrogen-bond donors (Lipinski definition) is 1. The summed E-state index contributed by atoms with van der Waals surface area (Å²) < 4.78 is 5.73. The Balaban J connectivity index is 1.61. The number of nitrogens with zero attached hydrogens (tertiary/aromatic N) is 2. The summed E-state index contributed by atoms with van der Waals surface area (Å²) in [5, 5.41) is 11.6. The molecule has 0 spiro atoms. The van der Waals surface area contributed by atoms with Gasteiger partial charge in [-0.2, -0.15) is 0 Å². The smallest absolute Gasteiger partial charge is 0.277 e. The Kier molecular flexibility index (Phi) is 5.61. The van der Waals surface area contributed by atoms with Crippen molar-refractivity contribution < 1.29 is 9.21 Å². The highest BCUT2D eigenvalue weighted by atomic mass is 32.2. The van der Waals surface area contributed by atoms with Crippen LogP contribution in [-0.2, 0) is 17.6 Å². The Labute approximate surface area is 150 Å². The van der Waals surface area contributed by atoms with Gasteiger partial charge >= 0.3 is 0 Å². The molecule has 0 aromatic carbocycles. The van der Waals surface area contributed by atoms with Gasteiger partial charge in [-0.25, -0.2) is 0 Å². The number of nitrogens with one attached hydrogen (secondary N) is 1. The second-order valence-electron chi connectivity index (χ2n) is 6.45. The van der Waals surface area contributed by atoms with Crippen molar-refractivity contribution in [1.82, 2.24) is 15.5 Å². The van der Waals surface area contributed by atoms with Gasteiger partial charge in [-0.05, 0) is 50.2 Å². The number of thiophene rings is 1. The summed E-state index contributed by atoms with van der Waals surface area (Å²) >= 11 is 3.04. The molecule has 3 rings (SSSR count). The molecule has 130 valence electrons. The predicted octanol–water partition coefficient (Wildman–Crippen LogP) is 3.93. The number of fused-ring (bicyclic) bond motifs is 1. The summed E-state index contributed by atoms with van der Waals surface area (Å²) in [7, 11) is 0. The molecule has 5 nitrogen and oxygen atoms in total. The van der Waals surface area contributed by atoms with Crippen LogP contribution in [0.25, 0.3) is 10.8 Å². The Bertz CT molecular complexity index is 711. The van der Waals surface area contributed by atoms with E-state index in [-0.39, 0.29) is 11.9 Å². The highest BCUT2D eigenvalue weighted by Crippen LogP contribution is 2.37. The lowest BCUT2D eigenvalue weighted by Gasteiger charge is -2.16. The van der Waals surface area contributed by atoms with Gasteiger partial charge in [0.15, 0.2) is 0 Å². The first-order valence-electron chi connectivity index (χ1n) is 8.42. The Morgan fingerprint density at radius 2 is 2.38 bits per heavy atom. The molecular weight excluding hydrogens is 342 g/mol. The minimum absolute atomic E-state index is 0.00493. The van der Waals surface area contributed by atoms with Crippen molar-refractivity contribution in [2.75, 3.05) is 5.75 Å². The maximum absolute atomic E-state index is 11.8. The summed E-state index contributed by atoms with van der Waals surface area (Å²) in [5.41, 5.74) is 1.43. The zero-order chi connectivity index (χ0) is 17.1. The molecule has 1 N–H and O–H groups in total. The zero-order valence-electron chi connectivity index (χ0n) is 14.3. The van der Waals surface area contributed by atoms with E-state index in [1.807, 2.05) is 13.8 Å². The van der Waals surface area contributed by atoms with Gasteiger partial charge in [0.05, 0.1) is 10.6 Å². The minimum Gasteiger partial charge on any atom is -0.410 e. The summed E-state index contributed by atoms with van der Waals surface area (Å²) in [6.07, 6.45) is 4.45. The SMILES string of the molecule is CC[C@@H](C)NC(=O)CSc1nnc(-c2cc3c(s2)CC[C@@H](C)C3)o1. The summed E-state index contributed by atoms with van der Waals surface area (Å²) in [5.74, 6) is 1.60. The van der Waals surface area contributed by atoms with Gasteiger partial charge in [0.1, 0.15) is 0 Å². The van der Waals surface area contributed by atoms with Gasteiger partial charge in [-0.3, -0.25) is 4.79 Å². The van der Waals surface area contributed by atoms with Crippen molar-refractivity contribution in [3.05, 3.63) is 16.5 Å². The van der Waals surface area contributed by atoms with Gasteiger partial charge in [0.25, 0.3) is 11.1 Å². The largest absolute Gasteiger partial charge is 0.410 e. The first-order valence-corrected chi connectivity index (χ1v) is 10.2. The number of amides is 1. The molecule has 1 aliphatic rings. The number of carbonyl (C=O) groups is 1. The molecule has 7 heteroatoms. The van der Waals surface area contributed by atoms with E-state index in [0.717, 1.165) is 30.1 Å². The first-order chi connectivity index (χ1) is 11.5. The summed E-state index contributed by atoms with van der Waals surface area (Å²) in [4.78, 5) is 14.3. The second kappa shape index (κ2) is 7.70. The van der Waals surface area contributed by atoms with Gasteiger partial charge in [-0.1, -0.05) is 25.6 Å². The topological polar surface area (TPSA) is 68.0 Å². The molecule has 0 saturated carbocycles. The van der Waals surface area contributed by atoms with E-state index in [2.05, 4.69) is 28.5 Å². The highest BCUT2D eigenvalue weighted by Gasteiger charge is 2.21. The average molecular weight is 366 g/mol. The van der Waals surface area contributed by atoms with Crippen molar-refractivity contribution in [2.24, 2.45) is 5.92 Å². The summed E-state index contributed by atoms with van der Waals surface area (Å²) in [6, 6.07) is 2.38. The highest BCUT2D eigenvalue weighted by molar-refractivity contribution is 7.99. The quantitative estimate of drug-likeness (QED) is 0.786. The molecule has 0 bridgehead atoms. The molecular formula is C17H23N3O2S2. The van der Waals surface area contributed by atoms with Gasteiger partial charge in [-0.15, -0.1) is 21.5 Å². The lowest BCUT2D eigenvalue weighted by Crippen LogP contribution is -2.33. The van der Waals surface area contributed by atoms with Crippen LogP contribution in [0.5, 0.6) is 0 Å². The van der Waals surface area contributed by atoms with Gasteiger partial charge in [0, 0.05) is 10.9 Å². The lowest BCUT2D eigenvalue weighted by atomic mass is 9.90.